The van der Waals surface area contributed by atoms with Crippen molar-refractivity contribution in [1.29, 1.82) is 0 Å². The van der Waals surface area contributed by atoms with Crippen LogP contribution in [-0.4, -0.2) is 18.5 Å². The highest BCUT2D eigenvalue weighted by atomic mass is 19.1. The normalized spacial score (nSPS) is 12.3. The van der Waals surface area contributed by atoms with Crippen molar-refractivity contribution < 1.29 is 19.0 Å². The fraction of sp³-hybridized carbons (Fsp3) is 0.333. The molecular formula is C9H11FO3. The lowest BCUT2D eigenvalue weighted by Crippen LogP contribution is -2.10. The first kappa shape index (κ1) is 9.80. The van der Waals surface area contributed by atoms with Gasteiger partial charge in [-0.15, -0.1) is 0 Å². The Morgan fingerprint density at radius 1 is 1.38 bits per heavy atom. The third-order valence-electron chi connectivity index (χ3n) is 1.42. The Bertz CT molecular complexity index is 286. The minimum Gasteiger partial charge on any atom is -0.493 e. The number of benzene rings is 1. The maximum atomic E-state index is 12.7. The summed E-state index contributed by atoms with van der Waals surface area (Å²) in [4.78, 5) is 0. The van der Waals surface area contributed by atoms with Crippen LogP contribution in [0.5, 0.6) is 11.5 Å². The Morgan fingerprint density at radius 2 is 2.08 bits per heavy atom. The third kappa shape index (κ3) is 2.59. The molecule has 0 spiro atoms. The van der Waals surface area contributed by atoms with E-state index in [-0.39, 0.29) is 5.75 Å². The van der Waals surface area contributed by atoms with Gasteiger partial charge in [0.15, 0.2) is 17.8 Å². The highest BCUT2D eigenvalue weighted by Crippen LogP contribution is 2.27. The molecule has 0 saturated carbocycles. The van der Waals surface area contributed by atoms with Crippen LogP contribution in [0.2, 0.25) is 0 Å². The summed E-state index contributed by atoms with van der Waals surface area (Å²) in [6.45, 7) is 1.43. The van der Waals surface area contributed by atoms with Gasteiger partial charge in [0.1, 0.15) is 5.82 Å². The average Bonchev–Trinajstić information content (AvgIpc) is 2.03. The Morgan fingerprint density at radius 3 is 2.62 bits per heavy atom. The number of aliphatic hydroxyl groups excluding tert-OH is 1. The average molecular weight is 186 g/mol. The van der Waals surface area contributed by atoms with Crippen LogP contribution < -0.4 is 9.47 Å². The Balaban J connectivity index is 2.94. The molecule has 1 N–H and O–H groups in total. The molecule has 1 unspecified atom stereocenters. The van der Waals surface area contributed by atoms with Crippen LogP contribution >= 0.6 is 0 Å². The SMILES string of the molecule is COc1ccc(F)cc1OC(C)O. The van der Waals surface area contributed by atoms with Gasteiger partial charge in [0.2, 0.25) is 0 Å². The molecule has 3 nitrogen and oxygen atoms in total. The summed E-state index contributed by atoms with van der Waals surface area (Å²) in [6.07, 6.45) is -0.990. The van der Waals surface area contributed by atoms with Gasteiger partial charge in [0.05, 0.1) is 7.11 Å². The number of aliphatic hydroxyl groups is 1. The second kappa shape index (κ2) is 4.09. The summed E-state index contributed by atoms with van der Waals surface area (Å²) < 4.78 is 22.5. The van der Waals surface area contributed by atoms with E-state index in [1.54, 1.807) is 0 Å². The first-order valence-electron chi connectivity index (χ1n) is 3.81. The first-order valence-corrected chi connectivity index (χ1v) is 3.81. The third-order valence-corrected chi connectivity index (χ3v) is 1.42. The summed E-state index contributed by atoms with van der Waals surface area (Å²) in [5.41, 5.74) is 0. The molecule has 0 amide bonds. The van der Waals surface area contributed by atoms with Crippen molar-refractivity contribution in [3.63, 3.8) is 0 Å². The fourth-order valence-electron chi connectivity index (χ4n) is 0.926. The second-order valence-electron chi connectivity index (χ2n) is 2.51. The van der Waals surface area contributed by atoms with Gasteiger partial charge in [-0.1, -0.05) is 0 Å². The monoisotopic (exact) mass is 186 g/mol. The van der Waals surface area contributed by atoms with Gasteiger partial charge in [0, 0.05) is 6.07 Å². The van der Waals surface area contributed by atoms with Crippen LogP contribution in [0, 0.1) is 5.82 Å². The topological polar surface area (TPSA) is 38.7 Å². The minimum absolute atomic E-state index is 0.192. The molecule has 0 radical (unpaired) electrons. The Kier molecular flexibility index (Phi) is 3.08. The van der Waals surface area contributed by atoms with Crippen molar-refractivity contribution in [2.75, 3.05) is 7.11 Å². The summed E-state index contributed by atoms with van der Waals surface area (Å²) >= 11 is 0. The van der Waals surface area contributed by atoms with Crippen LogP contribution in [0.4, 0.5) is 4.39 Å². The number of hydrogen-bond acceptors (Lipinski definition) is 3. The molecule has 0 aliphatic rings. The molecule has 0 fully saturated rings. The molecule has 0 heterocycles. The smallest absolute Gasteiger partial charge is 0.194 e. The zero-order chi connectivity index (χ0) is 9.84. The highest BCUT2D eigenvalue weighted by molar-refractivity contribution is 5.39. The zero-order valence-corrected chi connectivity index (χ0v) is 7.45. The summed E-state index contributed by atoms with van der Waals surface area (Å²) in [7, 11) is 1.45. The number of rotatable bonds is 3. The van der Waals surface area contributed by atoms with Crippen LogP contribution in [0.3, 0.4) is 0 Å². The first-order chi connectivity index (χ1) is 6.13. The number of halogens is 1. The number of methoxy groups -OCH3 is 1. The molecule has 0 saturated heterocycles. The molecule has 1 aromatic carbocycles. The molecule has 4 heteroatoms. The number of hydrogen-bond donors (Lipinski definition) is 1. The largest absolute Gasteiger partial charge is 0.493 e. The molecular weight excluding hydrogens is 175 g/mol. The van der Waals surface area contributed by atoms with E-state index in [0.717, 1.165) is 6.07 Å². The predicted molar refractivity (Wildman–Crippen MR) is 45.3 cm³/mol. The van der Waals surface area contributed by atoms with Gasteiger partial charge >= 0.3 is 0 Å². The van der Waals surface area contributed by atoms with E-state index in [4.69, 9.17) is 14.6 Å². The van der Waals surface area contributed by atoms with Gasteiger partial charge in [-0.3, -0.25) is 0 Å². The van der Waals surface area contributed by atoms with Crippen molar-refractivity contribution in [3.05, 3.63) is 24.0 Å². The van der Waals surface area contributed by atoms with Crippen molar-refractivity contribution >= 4 is 0 Å². The maximum Gasteiger partial charge on any atom is 0.194 e. The molecule has 1 rings (SSSR count). The molecule has 13 heavy (non-hydrogen) atoms. The minimum atomic E-state index is -0.990. The van der Waals surface area contributed by atoms with Gasteiger partial charge in [-0.25, -0.2) is 4.39 Å². The van der Waals surface area contributed by atoms with Crippen molar-refractivity contribution in [1.82, 2.24) is 0 Å². The van der Waals surface area contributed by atoms with Crippen LogP contribution in [-0.2, 0) is 0 Å². The fourth-order valence-corrected chi connectivity index (χ4v) is 0.926. The molecule has 1 aromatic rings. The Hall–Kier alpha value is -1.29. The summed E-state index contributed by atoms with van der Waals surface area (Å²) in [5, 5.41) is 8.92. The summed E-state index contributed by atoms with van der Waals surface area (Å²) in [5.74, 6) is 0.149. The van der Waals surface area contributed by atoms with Crippen LogP contribution in [0.15, 0.2) is 18.2 Å². The molecule has 0 bridgehead atoms. The van der Waals surface area contributed by atoms with E-state index >= 15 is 0 Å². The van der Waals surface area contributed by atoms with E-state index in [0.29, 0.717) is 5.75 Å². The van der Waals surface area contributed by atoms with Gasteiger partial charge in [-0.2, -0.15) is 0 Å². The molecule has 72 valence electrons. The quantitative estimate of drug-likeness (QED) is 0.728. The van der Waals surface area contributed by atoms with Crippen molar-refractivity contribution in [2.24, 2.45) is 0 Å². The van der Waals surface area contributed by atoms with E-state index in [1.165, 1.54) is 26.2 Å². The molecule has 0 aliphatic carbocycles. The van der Waals surface area contributed by atoms with Crippen LogP contribution in [0.25, 0.3) is 0 Å². The van der Waals surface area contributed by atoms with Gasteiger partial charge in [-0.05, 0) is 19.1 Å². The Labute approximate surface area is 75.7 Å². The molecule has 1 atom stereocenters. The van der Waals surface area contributed by atoms with E-state index in [9.17, 15) is 4.39 Å². The van der Waals surface area contributed by atoms with E-state index in [1.807, 2.05) is 0 Å². The second-order valence-corrected chi connectivity index (χ2v) is 2.51. The zero-order valence-electron chi connectivity index (χ0n) is 7.45. The lowest BCUT2D eigenvalue weighted by atomic mass is 10.3. The lowest BCUT2D eigenvalue weighted by Gasteiger charge is -2.11. The van der Waals surface area contributed by atoms with E-state index in [2.05, 4.69) is 0 Å². The number of ether oxygens (including phenoxy) is 2. The molecule has 0 aliphatic heterocycles. The maximum absolute atomic E-state index is 12.7. The van der Waals surface area contributed by atoms with E-state index < -0.39 is 12.1 Å². The van der Waals surface area contributed by atoms with Gasteiger partial charge < -0.3 is 14.6 Å². The van der Waals surface area contributed by atoms with Crippen molar-refractivity contribution in [2.45, 2.75) is 13.2 Å². The lowest BCUT2D eigenvalue weighted by molar-refractivity contribution is -0.00225. The van der Waals surface area contributed by atoms with Crippen molar-refractivity contribution in [3.8, 4) is 11.5 Å². The predicted octanol–water partition coefficient (Wildman–Crippen LogP) is 1.55. The standard InChI is InChI=1S/C9H11FO3/c1-6(11)13-9-5-7(10)3-4-8(9)12-2/h3-6,11H,1-2H3. The summed E-state index contributed by atoms with van der Waals surface area (Å²) in [6, 6.07) is 3.85. The van der Waals surface area contributed by atoms with Gasteiger partial charge in [0.25, 0.3) is 0 Å². The van der Waals surface area contributed by atoms with Crippen LogP contribution in [0.1, 0.15) is 6.92 Å². The highest BCUT2D eigenvalue weighted by Gasteiger charge is 2.07. The molecule has 0 aromatic heterocycles.